The van der Waals surface area contributed by atoms with Crippen molar-refractivity contribution in [1.82, 2.24) is 5.32 Å². The van der Waals surface area contributed by atoms with Crippen LogP contribution in [-0.2, 0) is 11.2 Å². The van der Waals surface area contributed by atoms with Gasteiger partial charge in [-0.05, 0) is 24.1 Å². The zero-order valence-electron chi connectivity index (χ0n) is 11.0. The van der Waals surface area contributed by atoms with Gasteiger partial charge in [-0.2, -0.15) is 0 Å². The van der Waals surface area contributed by atoms with Crippen molar-refractivity contribution in [1.29, 1.82) is 0 Å². The number of aliphatic carboxylic acids is 1. The number of urea groups is 1. The van der Waals surface area contributed by atoms with E-state index < -0.39 is 24.6 Å². The first kappa shape index (κ1) is 15.0. The first-order valence-corrected chi connectivity index (χ1v) is 5.96. The van der Waals surface area contributed by atoms with Gasteiger partial charge in [-0.1, -0.05) is 19.1 Å². The van der Waals surface area contributed by atoms with Crippen LogP contribution in [0.25, 0.3) is 0 Å². The number of aliphatic hydroxyl groups is 1. The third-order valence-corrected chi connectivity index (χ3v) is 2.81. The molecule has 19 heavy (non-hydrogen) atoms. The van der Waals surface area contributed by atoms with E-state index in [1.165, 1.54) is 11.9 Å². The third kappa shape index (κ3) is 3.96. The lowest BCUT2D eigenvalue weighted by molar-refractivity contribution is -0.140. The fourth-order valence-electron chi connectivity index (χ4n) is 1.50. The number of amides is 2. The maximum Gasteiger partial charge on any atom is 0.328 e. The van der Waals surface area contributed by atoms with Crippen molar-refractivity contribution in [2.45, 2.75) is 19.4 Å². The molecule has 1 rings (SSSR count). The van der Waals surface area contributed by atoms with Gasteiger partial charge in [0.25, 0.3) is 0 Å². The molecule has 0 saturated heterocycles. The highest BCUT2D eigenvalue weighted by Gasteiger charge is 2.21. The summed E-state index contributed by atoms with van der Waals surface area (Å²) >= 11 is 0. The molecular weight excluding hydrogens is 248 g/mol. The number of carboxylic acids is 1. The number of carbonyl (C=O) groups excluding carboxylic acids is 1. The zero-order valence-corrected chi connectivity index (χ0v) is 11.0. The summed E-state index contributed by atoms with van der Waals surface area (Å²) in [5.74, 6) is -1.27. The van der Waals surface area contributed by atoms with Gasteiger partial charge in [0.15, 0.2) is 6.04 Å². The number of anilines is 1. The number of aliphatic hydroxyl groups excluding tert-OH is 1. The number of rotatable bonds is 5. The Morgan fingerprint density at radius 3 is 2.32 bits per heavy atom. The molecule has 0 aromatic heterocycles. The Morgan fingerprint density at radius 2 is 1.89 bits per heavy atom. The van der Waals surface area contributed by atoms with Gasteiger partial charge in [-0.3, -0.25) is 4.90 Å². The molecule has 3 N–H and O–H groups in total. The van der Waals surface area contributed by atoms with Crippen LogP contribution in [0.15, 0.2) is 24.3 Å². The van der Waals surface area contributed by atoms with Crippen LogP contribution in [0.5, 0.6) is 0 Å². The van der Waals surface area contributed by atoms with Crippen LogP contribution in [0.3, 0.4) is 0 Å². The zero-order chi connectivity index (χ0) is 14.4. The van der Waals surface area contributed by atoms with Crippen molar-refractivity contribution in [3.63, 3.8) is 0 Å². The second-order valence-corrected chi connectivity index (χ2v) is 4.10. The average Bonchev–Trinajstić information content (AvgIpc) is 2.43. The normalized spacial score (nSPS) is 11.7. The molecule has 104 valence electrons. The van der Waals surface area contributed by atoms with E-state index in [9.17, 15) is 9.59 Å². The van der Waals surface area contributed by atoms with E-state index in [2.05, 4.69) is 5.32 Å². The molecule has 0 bridgehead atoms. The lowest BCUT2D eigenvalue weighted by atomic mass is 10.1. The second-order valence-electron chi connectivity index (χ2n) is 4.10. The summed E-state index contributed by atoms with van der Waals surface area (Å²) in [7, 11) is 1.53. The van der Waals surface area contributed by atoms with Crippen LogP contribution < -0.4 is 10.2 Å². The first-order valence-electron chi connectivity index (χ1n) is 5.96. The number of nitrogens with one attached hydrogen (secondary N) is 1. The molecule has 0 aliphatic rings. The summed E-state index contributed by atoms with van der Waals surface area (Å²) in [6.45, 7) is 1.38. The minimum absolute atomic E-state index is 0.578. The van der Waals surface area contributed by atoms with Crippen LogP contribution in [0, 0.1) is 0 Å². The molecule has 2 amide bonds. The summed E-state index contributed by atoms with van der Waals surface area (Å²) < 4.78 is 0. The molecule has 0 aliphatic heterocycles. The second kappa shape index (κ2) is 6.75. The standard InChI is InChI=1S/C13H18N2O4/c1-3-9-4-6-10(7-5-9)15(2)13(19)14-11(8-16)12(17)18/h4-7,11,16H,3,8H2,1-2H3,(H,14,19)(H,17,18)/t11-/m0/s1. The van der Waals surface area contributed by atoms with Gasteiger partial charge in [-0.15, -0.1) is 0 Å². The number of carboxylic acid groups (broad SMARTS) is 1. The predicted octanol–water partition coefficient (Wildman–Crippen LogP) is 0.840. The van der Waals surface area contributed by atoms with Crippen molar-refractivity contribution in [3.05, 3.63) is 29.8 Å². The van der Waals surface area contributed by atoms with Crippen molar-refractivity contribution >= 4 is 17.7 Å². The van der Waals surface area contributed by atoms with Crippen LogP contribution in [-0.4, -0.2) is 41.9 Å². The van der Waals surface area contributed by atoms with Gasteiger partial charge in [0.1, 0.15) is 0 Å². The van der Waals surface area contributed by atoms with E-state index in [1.807, 2.05) is 19.1 Å². The molecular formula is C13H18N2O4. The van der Waals surface area contributed by atoms with Crippen molar-refractivity contribution in [3.8, 4) is 0 Å². The van der Waals surface area contributed by atoms with Gasteiger partial charge in [0.05, 0.1) is 6.61 Å². The van der Waals surface area contributed by atoms with Crippen LogP contribution >= 0.6 is 0 Å². The molecule has 1 aromatic rings. The molecule has 0 fully saturated rings. The fraction of sp³-hybridized carbons (Fsp3) is 0.385. The lowest BCUT2D eigenvalue weighted by Crippen LogP contribution is -2.48. The van der Waals surface area contributed by atoms with Crippen molar-refractivity contribution < 1.29 is 19.8 Å². The summed E-state index contributed by atoms with van der Waals surface area (Å²) in [6.07, 6.45) is 0.905. The monoisotopic (exact) mass is 266 g/mol. The molecule has 0 heterocycles. The Balaban J connectivity index is 2.72. The minimum atomic E-state index is -1.30. The first-order chi connectivity index (χ1) is 8.99. The minimum Gasteiger partial charge on any atom is -0.480 e. The Kier molecular flexibility index (Phi) is 5.32. The molecule has 0 unspecified atom stereocenters. The Hall–Kier alpha value is -2.08. The van der Waals surface area contributed by atoms with Crippen molar-refractivity contribution in [2.75, 3.05) is 18.6 Å². The highest BCUT2D eigenvalue weighted by molar-refractivity contribution is 5.94. The van der Waals surface area contributed by atoms with Gasteiger partial charge in [-0.25, -0.2) is 9.59 Å². The van der Waals surface area contributed by atoms with E-state index in [-0.39, 0.29) is 0 Å². The highest BCUT2D eigenvalue weighted by atomic mass is 16.4. The van der Waals surface area contributed by atoms with Gasteiger partial charge < -0.3 is 15.5 Å². The van der Waals surface area contributed by atoms with E-state index in [0.717, 1.165) is 12.0 Å². The van der Waals surface area contributed by atoms with Crippen LogP contribution in [0.1, 0.15) is 12.5 Å². The van der Waals surface area contributed by atoms with Crippen LogP contribution in [0.2, 0.25) is 0 Å². The molecule has 6 heteroatoms. The highest BCUT2D eigenvalue weighted by Crippen LogP contribution is 2.14. The predicted molar refractivity (Wildman–Crippen MR) is 71.3 cm³/mol. The SMILES string of the molecule is CCc1ccc(N(C)C(=O)N[C@@H](CO)C(=O)O)cc1. The molecule has 0 aliphatic carbocycles. The molecule has 1 aromatic carbocycles. The molecule has 6 nitrogen and oxygen atoms in total. The Labute approximate surface area is 111 Å². The number of hydrogen-bond donors (Lipinski definition) is 3. The number of benzene rings is 1. The van der Waals surface area contributed by atoms with E-state index in [4.69, 9.17) is 10.2 Å². The number of hydrogen-bond acceptors (Lipinski definition) is 3. The van der Waals surface area contributed by atoms with Gasteiger partial charge >= 0.3 is 12.0 Å². The van der Waals surface area contributed by atoms with Crippen LogP contribution in [0.4, 0.5) is 10.5 Å². The number of carbonyl (C=O) groups is 2. The number of nitrogens with zero attached hydrogens (tertiary/aromatic N) is 1. The lowest BCUT2D eigenvalue weighted by Gasteiger charge is -2.20. The summed E-state index contributed by atoms with van der Waals surface area (Å²) in [5.41, 5.74) is 1.80. The summed E-state index contributed by atoms with van der Waals surface area (Å²) in [4.78, 5) is 23.8. The summed E-state index contributed by atoms with van der Waals surface area (Å²) in [5, 5.41) is 19.8. The Morgan fingerprint density at radius 1 is 1.32 bits per heavy atom. The molecule has 0 saturated carbocycles. The average molecular weight is 266 g/mol. The molecule has 0 spiro atoms. The van der Waals surface area contributed by atoms with Gasteiger partial charge in [0.2, 0.25) is 0 Å². The van der Waals surface area contributed by atoms with Crippen molar-refractivity contribution in [2.24, 2.45) is 0 Å². The molecule has 0 radical (unpaired) electrons. The molecule has 1 atom stereocenters. The Bertz CT molecular complexity index is 444. The number of aryl methyl sites for hydroxylation is 1. The smallest absolute Gasteiger partial charge is 0.328 e. The van der Waals surface area contributed by atoms with Gasteiger partial charge in [0, 0.05) is 12.7 Å². The topological polar surface area (TPSA) is 89.9 Å². The van der Waals surface area contributed by atoms with E-state index >= 15 is 0 Å². The third-order valence-electron chi connectivity index (χ3n) is 2.81. The largest absolute Gasteiger partial charge is 0.480 e. The fourth-order valence-corrected chi connectivity index (χ4v) is 1.50. The summed E-state index contributed by atoms with van der Waals surface area (Å²) in [6, 6.07) is 5.50. The quantitative estimate of drug-likeness (QED) is 0.736. The maximum absolute atomic E-state index is 11.8. The maximum atomic E-state index is 11.8. The van der Waals surface area contributed by atoms with E-state index in [0.29, 0.717) is 5.69 Å². The van der Waals surface area contributed by atoms with E-state index in [1.54, 1.807) is 12.1 Å².